The van der Waals surface area contributed by atoms with Crippen LogP contribution in [0.15, 0.2) is 17.7 Å². The maximum atomic E-state index is 12.3. The third kappa shape index (κ3) is 4.21. The molecule has 1 amide bonds. The molecule has 1 aliphatic heterocycles. The lowest BCUT2D eigenvalue weighted by molar-refractivity contribution is -0.117. The van der Waals surface area contributed by atoms with E-state index in [1.54, 1.807) is 13.2 Å². The van der Waals surface area contributed by atoms with Gasteiger partial charge in [0.15, 0.2) is 0 Å². The molecule has 132 valence electrons. The Hall–Kier alpha value is -2.32. The minimum absolute atomic E-state index is 0.0576. The van der Waals surface area contributed by atoms with Gasteiger partial charge in [0.1, 0.15) is 17.4 Å². The van der Waals surface area contributed by atoms with E-state index in [-0.39, 0.29) is 17.6 Å². The number of benzene rings is 1. The number of hydrogen-bond donors (Lipinski definition) is 1. The quantitative estimate of drug-likeness (QED) is 0.661. The Morgan fingerprint density at radius 1 is 1.36 bits per heavy atom. The molecule has 1 atom stereocenters. The first-order valence-electron chi connectivity index (χ1n) is 8.92. The Labute approximate surface area is 148 Å². The summed E-state index contributed by atoms with van der Waals surface area (Å²) in [5.41, 5.74) is 3.47. The summed E-state index contributed by atoms with van der Waals surface area (Å²) in [4.78, 5) is 12.3. The highest BCUT2D eigenvalue weighted by Crippen LogP contribution is 2.30. The van der Waals surface area contributed by atoms with Gasteiger partial charge in [0, 0.05) is 18.7 Å². The predicted octanol–water partition coefficient (Wildman–Crippen LogP) is 2.78. The number of nitriles is 1. The van der Waals surface area contributed by atoms with Crippen molar-refractivity contribution in [2.45, 2.75) is 44.6 Å². The molecule has 5 nitrogen and oxygen atoms in total. The lowest BCUT2D eigenvalue weighted by Gasteiger charge is -2.18. The number of aryl methyl sites for hydroxylation is 2. The topological polar surface area (TPSA) is 71.3 Å². The van der Waals surface area contributed by atoms with Gasteiger partial charge in [-0.15, -0.1) is 0 Å². The van der Waals surface area contributed by atoms with Gasteiger partial charge >= 0.3 is 0 Å². The zero-order valence-corrected chi connectivity index (χ0v) is 14.6. The summed E-state index contributed by atoms with van der Waals surface area (Å²) in [5.74, 6) is 0.345. The highest BCUT2D eigenvalue weighted by Gasteiger charge is 2.19. The Balaban J connectivity index is 1.78. The molecule has 5 heteroatoms. The molecule has 0 radical (unpaired) electrons. The maximum Gasteiger partial charge on any atom is 0.262 e. The smallest absolute Gasteiger partial charge is 0.262 e. The maximum absolute atomic E-state index is 12.3. The number of fused-ring (bicyclic) bond motifs is 1. The second kappa shape index (κ2) is 8.17. The van der Waals surface area contributed by atoms with Crippen molar-refractivity contribution in [3.05, 3.63) is 34.4 Å². The molecule has 0 spiro atoms. The van der Waals surface area contributed by atoms with Gasteiger partial charge in [0.05, 0.1) is 13.2 Å². The van der Waals surface area contributed by atoms with Crippen LogP contribution in [0.2, 0.25) is 0 Å². The molecular weight excluding hydrogens is 316 g/mol. The van der Waals surface area contributed by atoms with Crippen LogP contribution in [0.4, 0.5) is 0 Å². The average molecular weight is 340 g/mol. The molecule has 1 N–H and O–H groups in total. The van der Waals surface area contributed by atoms with Crippen LogP contribution < -0.4 is 10.1 Å². The van der Waals surface area contributed by atoms with Crippen molar-refractivity contribution in [2.75, 3.05) is 20.3 Å². The number of hydrogen-bond acceptors (Lipinski definition) is 4. The largest absolute Gasteiger partial charge is 0.496 e. The van der Waals surface area contributed by atoms with E-state index >= 15 is 0 Å². The summed E-state index contributed by atoms with van der Waals surface area (Å²) in [6, 6.07) is 6.10. The zero-order chi connectivity index (χ0) is 17.6. The summed E-state index contributed by atoms with van der Waals surface area (Å²) >= 11 is 0. The second-order valence-electron chi connectivity index (χ2n) is 6.58. The van der Waals surface area contributed by atoms with E-state index in [2.05, 4.69) is 11.4 Å². The van der Waals surface area contributed by atoms with E-state index in [1.807, 2.05) is 12.1 Å². The van der Waals surface area contributed by atoms with Gasteiger partial charge < -0.3 is 14.8 Å². The normalized spacial score (nSPS) is 19.8. The van der Waals surface area contributed by atoms with Gasteiger partial charge in [-0.25, -0.2) is 0 Å². The van der Waals surface area contributed by atoms with Gasteiger partial charge in [0.25, 0.3) is 5.91 Å². The van der Waals surface area contributed by atoms with Crippen LogP contribution in [-0.4, -0.2) is 32.3 Å². The Morgan fingerprint density at radius 2 is 2.12 bits per heavy atom. The van der Waals surface area contributed by atoms with Crippen molar-refractivity contribution in [1.82, 2.24) is 5.32 Å². The van der Waals surface area contributed by atoms with Crippen LogP contribution in [0.5, 0.6) is 5.75 Å². The third-order valence-electron chi connectivity index (χ3n) is 4.87. The summed E-state index contributed by atoms with van der Waals surface area (Å²) in [5, 5.41) is 12.2. The molecule has 1 heterocycles. The molecule has 0 unspecified atom stereocenters. The number of nitrogens with zero attached hydrogens (tertiary/aromatic N) is 1. The SMILES string of the molecule is COc1cc2c(cc1/C=C(\C#N)C(=O)NC[C@H]1CCCO1)CCCC2. The van der Waals surface area contributed by atoms with E-state index in [0.29, 0.717) is 12.3 Å². The van der Waals surface area contributed by atoms with E-state index in [9.17, 15) is 10.1 Å². The highest BCUT2D eigenvalue weighted by atomic mass is 16.5. The fourth-order valence-corrected chi connectivity index (χ4v) is 3.48. The van der Waals surface area contributed by atoms with Crippen molar-refractivity contribution in [1.29, 1.82) is 5.26 Å². The van der Waals surface area contributed by atoms with Gasteiger partial charge in [0.2, 0.25) is 0 Å². The van der Waals surface area contributed by atoms with Crippen LogP contribution in [-0.2, 0) is 22.4 Å². The molecule has 0 bridgehead atoms. The van der Waals surface area contributed by atoms with Crippen molar-refractivity contribution >= 4 is 12.0 Å². The molecule has 0 aromatic heterocycles. The minimum Gasteiger partial charge on any atom is -0.496 e. The molecule has 1 saturated heterocycles. The van der Waals surface area contributed by atoms with Crippen LogP contribution in [0.25, 0.3) is 6.08 Å². The predicted molar refractivity (Wildman–Crippen MR) is 95.2 cm³/mol. The van der Waals surface area contributed by atoms with Crippen molar-refractivity contribution in [2.24, 2.45) is 0 Å². The highest BCUT2D eigenvalue weighted by molar-refractivity contribution is 6.02. The molecule has 3 rings (SSSR count). The number of nitrogens with one attached hydrogen (secondary N) is 1. The number of rotatable bonds is 5. The second-order valence-corrected chi connectivity index (χ2v) is 6.58. The summed E-state index contributed by atoms with van der Waals surface area (Å²) in [6.45, 7) is 1.19. The van der Waals surface area contributed by atoms with E-state index in [4.69, 9.17) is 9.47 Å². The summed E-state index contributed by atoms with van der Waals surface area (Å²) < 4.78 is 11.0. The Morgan fingerprint density at radius 3 is 2.76 bits per heavy atom. The average Bonchev–Trinajstić information content (AvgIpc) is 3.17. The number of carbonyl (C=O) groups is 1. The number of ether oxygens (including phenoxy) is 2. The minimum atomic E-state index is -0.363. The fraction of sp³-hybridized carbons (Fsp3) is 0.500. The molecule has 1 fully saturated rings. The first-order chi connectivity index (χ1) is 12.2. The summed E-state index contributed by atoms with van der Waals surface area (Å²) in [6.07, 6.45) is 8.12. The Kier molecular flexibility index (Phi) is 5.72. The van der Waals surface area contributed by atoms with Gasteiger partial charge in [-0.3, -0.25) is 4.79 Å². The monoisotopic (exact) mass is 340 g/mol. The van der Waals surface area contributed by atoms with Crippen LogP contribution in [0.3, 0.4) is 0 Å². The zero-order valence-electron chi connectivity index (χ0n) is 14.6. The molecule has 2 aliphatic rings. The van der Waals surface area contributed by atoms with Gasteiger partial charge in [-0.1, -0.05) is 0 Å². The lowest BCUT2D eigenvalue weighted by Crippen LogP contribution is -2.32. The first-order valence-corrected chi connectivity index (χ1v) is 8.92. The Bertz CT molecular complexity index is 712. The molecule has 1 aromatic carbocycles. The van der Waals surface area contributed by atoms with Crippen molar-refractivity contribution in [3.63, 3.8) is 0 Å². The lowest BCUT2D eigenvalue weighted by atomic mass is 9.89. The summed E-state index contributed by atoms with van der Waals surface area (Å²) in [7, 11) is 1.62. The van der Waals surface area contributed by atoms with Crippen molar-refractivity contribution < 1.29 is 14.3 Å². The first kappa shape index (κ1) is 17.5. The van der Waals surface area contributed by atoms with Crippen LogP contribution in [0, 0.1) is 11.3 Å². The van der Waals surface area contributed by atoms with Gasteiger partial charge in [-0.2, -0.15) is 5.26 Å². The number of amides is 1. The molecule has 0 saturated carbocycles. The van der Waals surface area contributed by atoms with E-state index in [0.717, 1.165) is 37.9 Å². The number of carbonyl (C=O) groups excluding carboxylic acids is 1. The molecule has 1 aliphatic carbocycles. The van der Waals surface area contributed by atoms with Gasteiger partial charge in [-0.05, 0) is 67.9 Å². The third-order valence-corrected chi connectivity index (χ3v) is 4.87. The van der Waals surface area contributed by atoms with E-state index in [1.165, 1.54) is 24.0 Å². The van der Waals surface area contributed by atoms with Crippen LogP contribution >= 0.6 is 0 Å². The fourth-order valence-electron chi connectivity index (χ4n) is 3.48. The standard InChI is InChI=1S/C20H24N2O3/c1-24-19-11-15-6-3-2-5-14(15)9-16(19)10-17(12-21)20(23)22-13-18-7-4-8-25-18/h9-11,18H,2-8,13H2,1H3,(H,22,23)/b17-10+/t18-/m1/s1. The molecule has 1 aromatic rings. The number of methoxy groups -OCH3 is 1. The molecule has 25 heavy (non-hydrogen) atoms. The van der Waals surface area contributed by atoms with Crippen molar-refractivity contribution in [3.8, 4) is 11.8 Å². The molecular formula is C20H24N2O3. The van der Waals surface area contributed by atoms with Crippen LogP contribution in [0.1, 0.15) is 42.4 Å². The van der Waals surface area contributed by atoms with E-state index < -0.39 is 0 Å².